The molecule has 1 aromatic heterocycles. The average molecular weight is 343 g/mol. The average Bonchev–Trinajstić information content (AvgIpc) is 3.00. The van der Waals surface area contributed by atoms with Crippen molar-refractivity contribution in [2.24, 2.45) is 0 Å². The van der Waals surface area contributed by atoms with E-state index in [9.17, 15) is 4.79 Å². The van der Waals surface area contributed by atoms with Gasteiger partial charge in [-0.25, -0.2) is 14.5 Å². The van der Waals surface area contributed by atoms with Crippen LogP contribution in [0.2, 0.25) is 0 Å². The van der Waals surface area contributed by atoms with Gasteiger partial charge in [0.2, 0.25) is 0 Å². The molecule has 2 N–H and O–H groups in total. The molecule has 0 aliphatic carbocycles. The van der Waals surface area contributed by atoms with Crippen molar-refractivity contribution in [3.05, 3.63) is 47.0 Å². The molecule has 1 aromatic carbocycles. The fraction of sp³-hybridized carbons (Fsp3) is 0.500. The Kier molecular flexibility index (Phi) is 5.65. The molecule has 0 fully saturated rings. The van der Waals surface area contributed by atoms with Crippen LogP contribution in [0.25, 0.3) is 0 Å². The molecular formula is C18H25N5O2. The first-order chi connectivity index (χ1) is 12.2. The molecule has 3 rings (SSSR count). The van der Waals surface area contributed by atoms with Crippen LogP contribution in [0.4, 0.5) is 4.79 Å². The third-order valence-electron chi connectivity index (χ3n) is 4.20. The molecular weight excluding hydrogens is 318 g/mol. The van der Waals surface area contributed by atoms with Crippen LogP contribution < -0.4 is 10.6 Å². The zero-order chi connectivity index (χ0) is 17.6. The zero-order valence-electron chi connectivity index (χ0n) is 14.8. The normalized spacial score (nSPS) is 16.3. The molecule has 25 heavy (non-hydrogen) atoms. The number of benzene rings is 1. The number of urea groups is 1. The van der Waals surface area contributed by atoms with Gasteiger partial charge in [-0.15, -0.1) is 0 Å². The third-order valence-corrected chi connectivity index (χ3v) is 4.20. The van der Waals surface area contributed by atoms with E-state index >= 15 is 0 Å². The SMILES string of the molecule is CCOCc1cccc(CNC(=O)NC2CCCn3nc(C)nc32)c1. The minimum atomic E-state index is -0.186. The third kappa shape index (κ3) is 4.57. The van der Waals surface area contributed by atoms with Gasteiger partial charge in [-0.1, -0.05) is 24.3 Å². The van der Waals surface area contributed by atoms with Gasteiger partial charge in [-0.05, 0) is 37.8 Å². The maximum Gasteiger partial charge on any atom is 0.315 e. The number of carbonyl (C=O) groups excluding carboxylic acids is 1. The van der Waals surface area contributed by atoms with Crippen molar-refractivity contribution in [2.45, 2.75) is 52.4 Å². The molecule has 2 amide bonds. The van der Waals surface area contributed by atoms with Crippen molar-refractivity contribution < 1.29 is 9.53 Å². The number of aryl methyl sites for hydroxylation is 2. The molecule has 0 bridgehead atoms. The second kappa shape index (κ2) is 8.11. The molecule has 0 spiro atoms. The van der Waals surface area contributed by atoms with E-state index in [1.165, 1.54) is 0 Å². The van der Waals surface area contributed by atoms with Crippen molar-refractivity contribution in [1.29, 1.82) is 0 Å². The molecule has 1 aliphatic heterocycles. The fourth-order valence-electron chi connectivity index (χ4n) is 3.05. The van der Waals surface area contributed by atoms with Crippen LogP contribution in [0.5, 0.6) is 0 Å². The van der Waals surface area contributed by atoms with Crippen molar-refractivity contribution in [3.63, 3.8) is 0 Å². The molecule has 1 atom stereocenters. The van der Waals surface area contributed by atoms with E-state index in [-0.39, 0.29) is 12.1 Å². The highest BCUT2D eigenvalue weighted by Crippen LogP contribution is 2.22. The van der Waals surface area contributed by atoms with E-state index in [1.54, 1.807) is 0 Å². The zero-order valence-corrected chi connectivity index (χ0v) is 14.8. The topological polar surface area (TPSA) is 81.1 Å². The van der Waals surface area contributed by atoms with Gasteiger partial charge < -0.3 is 15.4 Å². The Morgan fingerprint density at radius 1 is 1.40 bits per heavy atom. The summed E-state index contributed by atoms with van der Waals surface area (Å²) in [6, 6.07) is 7.78. The maximum atomic E-state index is 12.3. The maximum absolute atomic E-state index is 12.3. The highest BCUT2D eigenvalue weighted by molar-refractivity contribution is 5.74. The van der Waals surface area contributed by atoms with E-state index in [0.29, 0.717) is 19.8 Å². The number of rotatable bonds is 6. The highest BCUT2D eigenvalue weighted by atomic mass is 16.5. The van der Waals surface area contributed by atoms with Crippen LogP contribution in [-0.2, 0) is 24.4 Å². The van der Waals surface area contributed by atoms with Gasteiger partial charge in [0.25, 0.3) is 0 Å². The minimum absolute atomic E-state index is 0.0840. The lowest BCUT2D eigenvalue weighted by atomic mass is 10.1. The Morgan fingerprint density at radius 2 is 2.24 bits per heavy atom. The van der Waals surface area contributed by atoms with Gasteiger partial charge in [-0.3, -0.25) is 0 Å². The van der Waals surface area contributed by atoms with Gasteiger partial charge >= 0.3 is 6.03 Å². The monoisotopic (exact) mass is 343 g/mol. The second-order valence-electron chi connectivity index (χ2n) is 6.22. The van der Waals surface area contributed by atoms with Crippen LogP contribution in [-0.4, -0.2) is 27.4 Å². The van der Waals surface area contributed by atoms with Gasteiger partial charge in [0, 0.05) is 19.7 Å². The summed E-state index contributed by atoms with van der Waals surface area (Å²) in [5.74, 6) is 1.59. The summed E-state index contributed by atoms with van der Waals surface area (Å²) in [6.45, 7) is 6.47. The van der Waals surface area contributed by atoms with Gasteiger partial charge in [0.1, 0.15) is 11.6 Å². The molecule has 1 aliphatic rings. The summed E-state index contributed by atoms with van der Waals surface area (Å²) in [7, 11) is 0. The van der Waals surface area contributed by atoms with Crippen molar-refractivity contribution in [1.82, 2.24) is 25.4 Å². The lowest BCUT2D eigenvalue weighted by molar-refractivity contribution is 0.134. The lowest BCUT2D eigenvalue weighted by Crippen LogP contribution is -2.39. The number of aromatic nitrogens is 3. The Bertz CT molecular complexity index is 728. The summed E-state index contributed by atoms with van der Waals surface area (Å²) in [5, 5.41) is 10.3. The first-order valence-corrected chi connectivity index (χ1v) is 8.77. The number of nitrogens with zero attached hydrogens (tertiary/aromatic N) is 3. The van der Waals surface area contributed by atoms with Crippen LogP contribution >= 0.6 is 0 Å². The molecule has 2 aromatic rings. The van der Waals surface area contributed by atoms with E-state index in [2.05, 4.69) is 26.8 Å². The minimum Gasteiger partial charge on any atom is -0.377 e. The van der Waals surface area contributed by atoms with Gasteiger partial charge in [-0.2, -0.15) is 5.10 Å². The smallest absolute Gasteiger partial charge is 0.315 e. The number of ether oxygens (including phenoxy) is 1. The number of hydrogen-bond donors (Lipinski definition) is 2. The van der Waals surface area contributed by atoms with Crippen LogP contribution in [0.1, 0.15) is 48.6 Å². The number of nitrogens with one attached hydrogen (secondary N) is 2. The second-order valence-corrected chi connectivity index (χ2v) is 6.22. The summed E-state index contributed by atoms with van der Waals surface area (Å²) < 4.78 is 7.31. The fourth-order valence-corrected chi connectivity index (χ4v) is 3.05. The Labute approximate surface area is 147 Å². The summed E-state index contributed by atoms with van der Waals surface area (Å²) in [4.78, 5) is 16.7. The van der Waals surface area contributed by atoms with E-state index in [0.717, 1.165) is 42.2 Å². The molecule has 0 saturated carbocycles. The van der Waals surface area contributed by atoms with E-state index in [4.69, 9.17) is 4.74 Å². The molecule has 134 valence electrons. The highest BCUT2D eigenvalue weighted by Gasteiger charge is 2.24. The summed E-state index contributed by atoms with van der Waals surface area (Å²) in [5.41, 5.74) is 2.16. The number of carbonyl (C=O) groups is 1. The standard InChI is InChI=1S/C18H25N5O2/c1-3-25-12-15-7-4-6-14(10-15)11-19-18(24)21-16-8-5-9-23-17(16)20-13(2)22-23/h4,6-7,10,16H,3,5,8-9,11-12H2,1-2H3,(H2,19,21,24). The molecule has 0 saturated heterocycles. The molecule has 1 unspecified atom stereocenters. The number of fused-ring (bicyclic) bond motifs is 1. The predicted molar refractivity (Wildman–Crippen MR) is 93.9 cm³/mol. The van der Waals surface area contributed by atoms with Crippen molar-refractivity contribution >= 4 is 6.03 Å². The quantitative estimate of drug-likeness (QED) is 0.844. The van der Waals surface area contributed by atoms with Gasteiger partial charge in [0.15, 0.2) is 0 Å². The van der Waals surface area contributed by atoms with Crippen LogP contribution in [0, 0.1) is 6.92 Å². The Morgan fingerprint density at radius 3 is 3.08 bits per heavy atom. The molecule has 7 heteroatoms. The molecule has 7 nitrogen and oxygen atoms in total. The summed E-state index contributed by atoms with van der Waals surface area (Å²) in [6.07, 6.45) is 1.87. The first kappa shape index (κ1) is 17.4. The molecule has 2 heterocycles. The van der Waals surface area contributed by atoms with Crippen LogP contribution in [0.15, 0.2) is 24.3 Å². The predicted octanol–water partition coefficient (Wildman–Crippen LogP) is 2.46. The van der Waals surface area contributed by atoms with E-state index in [1.807, 2.05) is 36.7 Å². The van der Waals surface area contributed by atoms with E-state index < -0.39 is 0 Å². The Hall–Kier alpha value is -2.41. The van der Waals surface area contributed by atoms with Crippen molar-refractivity contribution in [3.8, 4) is 0 Å². The Balaban J connectivity index is 1.53. The van der Waals surface area contributed by atoms with Crippen LogP contribution in [0.3, 0.4) is 0 Å². The first-order valence-electron chi connectivity index (χ1n) is 8.77. The lowest BCUT2D eigenvalue weighted by Gasteiger charge is -2.23. The molecule has 0 radical (unpaired) electrons. The van der Waals surface area contributed by atoms with Gasteiger partial charge in [0.05, 0.1) is 12.6 Å². The summed E-state index contributed by atoms with van der Waals surface area (Å²) >= 11 is 0. The number of hydrogen-bond acceptors (Lipinski definition) is 4. The largest absolute Gasteiger partial charge is 0.377 e. The van der Waals surface area contributed by atoms with Crippen molar-refractivity contribution in [2.75, 3.05) is 6.61 Å². The number of amides is 2.